The van der Waals surface area contributed by atoms with Gasteiger partial charge in [0.2, 0.25) is 0 Å². The predicted octanol–water partition coefficient (Wildman–Crippen LogP) is 13.4. The topological polar surface area (TPSA) is 29.5 Å². The van der Waals surface area contributed by atoms with E-state index in [9.17, 15) is 0 Å². The van der Waals surface area contributed by atoms with Gasteiger partial charge in [0, 0.05) is 27.5 Å². The van der Waals surface area contributed by atoms with Crippen LogP contribution in [0.25, 0.3) is 76.9 Å². The van der Waals surface area contributed by atoms with Gasteiger partial charge < -0.3 is 13.7 Å². The van der Waals surface area contributed by atoms with Crippen molar-refractivity contribution in [3.63, 3.8) is 0 Å². The molecule has 0 fully saturated rings. The molecule has 49 heavy (non-hydrogen) atoms. The number of anilines is 3. The van der Waals surface area contributed by atoms with E-state index in [1.165, 1.54) is 21.9 Å². The summed E-state index contributed by atoms with van der Waals surface area (Å²) in [6, 6.07) is 62.1. The van der Waals surface area contributed by atoms with Crippen LogP contribution in [0, 0.1) is 0 Å². The van der Waals surface area contributed by atoms with Crippen molar-refractivity contribution in [3.8, 4) is 22.3 Å². The highest BCUT2D eigenvalue weighted by Crippen LogP contribution is 2.44. The summed E-state index contributed by atoms with van der Waals surface area (Å²) >= 11 is 0. The van der Waals surface area contributed by atoms with Crippen LogP contribution >= 0.6 is 0 Å². The van der Waals surface area contributed by atoms with Gasteiger partial charge in [-0.05, 0) is 99.8 Å². The summed E-state index contributed by atoms with van der Waals surface area (Å²) in [7, 11) is 0. The minimum atomic E-state index is 0.864. The number of furan rings is 2. The largest absolute Gasteiger partial charge is 0.456 e. The van der Waals surface area contributed by atoms with Gasteiger partial charge in [0.25, 0.3) is 0 Å². The predicted molar refractivity (Wildman–Crippen MR) is 204 cm³/mol. The van der Waals surface area contributed by atoms with Crippen molar-refractivity contribution in [2.24, 2.45) is 0 Å². The third-order valence-electron chi connectivity index (χ3n) is 9.65. The Morgan fingerprint density at radius 1 is 0.327 bits per heavy atom. The lowest BCUT2D eigenvalue weighted by Crippen LogP contribution is -2.10. The van der Waals surface area contributed by atoms with Crippen LogP contribution in [0.3, 0.4) is 0 Å². The molecule has 0 aliphatic carbocycles. The van der Waals surface area contributed by atoms with Crippen LogP contribution in [0.4, 0.5) is 17.1 Å². The Balaban J connectivity index is 1.13. The molecule has 0 amide bonds. The van der Waals surface area contributed by atoms with Gasteiger partial charge in [-0.25, -0.2) is 0 Å². The molecule has 0 radical (unpaired) electrons. The van der Waals surface area contributed by atoms with Crippen molar-refractivity contribution >= 4 is 71.7 Å². The maximum Gasteiger partial charge on any atom is 0.137 e. The molecule has 0 spiro atoms. The molecule has 3 heteroatoms. The van der Waals surface area contributed by atoms with Crippen molar-refractivity contribution in [2.45, 2.75) is 0 Å². The summed E-state index contributed by atoms with van der Waals surface area (Å²) in [6.45, 7) is 0. The number of hydrogen-bond acceptors (Lipinski definition) is 3. The van der Waals surface area contributed by atoms with Gasteiger partial charge in [-0.3, -0.25) is 0 Å². The highest BCUT2D eigenvalue weighted by atomic mass is 16.3. The summed E-state index contributed by atoms with van der Waals surface area (Å²) in [6.07, 6.45) is 0. The van der Waals surface area contributed by atoms with Gasteiger partial charge in [0.05, 0.1) is 11.1 Å². The van der Waals surface area contributed by atoms with E-state index in [2.05, 4.69) is 157 Å². The third-order valence-corrected chi connectivity index (χ3v) is 9.65. The minimum Gasteiger partial charge on any atom is -0.456 e. The zero-order valence-electron chi connectivity index (χ0n) is 26.5. The molecule has 2 aromatic heterocycles. The third kappa shape index (κ3) is 4.59. The van der Waals surface area contributed by atoms with Crippen molar-refractivity contribution in [1.29, 1.82) is 0 Å². The van der Waals surface area contributed by atoms with Crippen molar-refractivity contribution in [3.05, 3.63) is 176 Å². The standard InChI is InChI=1S/C46H29NO2/c1-2-10-32-27-34(20-19-30(32)9-1)31-21-24-36(25-22-31)47(41-15-8-18-44-46(41)40-14-4-6-17-43(40)48-44)37-12-7-11-33(28-37)35-23-26-39-38-13-3-5-16-42(38)49-45(39)29-35/h1-29H. The van der Waals surface area contributed by atoms with Crippen LogP contribution in [-0.2, 0) is 0 Å². The number of hydrogen-bond donors (Lipinski definition) is 0. The second kappa shape index (κ2) is 11.0. The second-order valence-electron chi connectivity index (χ2n) is 12.6. The molecule has 2 heterocycles. The lowest BCUT2D eigenvalue weighted by Gasteiger charge is -2.27. The molecule has 0 atom stereocenters. The molecule has 10 aromatic rings. The van der Waals surface area contributed by atoms with Crippen LogP contribution < -0.4 is 4.90 Å². The van der Waals surface area contributed by atoms with Crippen molar-refractivity contribution in [2.75, 3.05) is 4.90 Å². The first-order chi connectivity index (χ1) is 24.3. The van der Waals surface area contributed by atoms with Crippen molar-refractivity contribution < 1.29 is 8.83 Å². The van der Waals surface area contributed by atoms with Crippen LogP contribution in [-0.4, -0.2) is 0 Å². The monoisotopic (exact) mass is 627 g/mol. The molecule has 0 N–H and O–H groups in total. The Hall–Kier alpha value is -6.58. The maximum absolute atomic E-state index is 6.35. The zero-order chi connectivity index (χ0) is 32.3. The Kier molecular flexibility index (Phi) is 6.18. The van der Waals surface area contributed by atoms with E-state index < -0.39 is 0 Å². The number of para-hydroxylation sites is 2. The lowest BCUT2D eigenvalue weighted by atomic mass is 10.00. The van der Waals surface area contributed by atoms with Crippen LogP contribution in [0.15, 0.2) is 185 Å². The molecule has 0 saturated carbocycles. The molecule has 0 bridgehead atoms. The number of fused-ring (bicyclic) bond motifs is 7. The van der Waals surface area contributed by atoms with E-state index in [-0.39, 0.29) is 0 Å². The Morgan fingerprint density at radius 2 is 0.939 bits per heavy atom. The highest BCUT2D eigenvalue weighted by molar-refractivity contribution is 6.13. The first-order valence-electron chi connectivity index (χ1n) is 16.6. The van der Waals surface area contributed by atoms with E-state index in [1.54, 1.807) is 0 Å². The fourth-order valence-corrected chi connectivity index (χ4v) is 7.27. The molecular weight excluding hydrogens is 599 g/mol. The Bertz CT molecular complexity index is 2840. The maximum atomic E-state index is 6.35. The number of benzene rings is 8. The quantitative estimate of drug-likeness (QED) is 0.190. The first-order valence-corrected chi connectivity index (χ1v) is 16.6. The van der Waals surface area contributed by atoms with E-state index >= 15 is 0 Å². The number of nitrogens with zero attached hydrogens (tertiary/aromatic N) is 1. The van der Waals surface area contributed by atoms with Gasteiger partial charge in [0.15, 0.2) is 0 Å². The van der Waals surface area contributed by atoms with Gasteiger partial charge >= 0.3 is 0 Å². The van der Waals surface area contributed by atoms with Crippen molar-refractivity contribution in [1.82, 2.24) is 0 Å². The van der Waals surface area contributed by atoms with Crippen LogP contribution in [0.2, 0.25) is 0 Å². The second-order valence-corrected chi connectivity index (χ2v) is 12.6. The zero-order valence-corrected chi connectivity index (χ0v) is 26.5. The fraction of sp³-hybridized carbons (Fsp3) is 0. The molecule has 230 valence electrons. The van der Waals surface area contributed by atoms with Gasteiger partial charge in [-0.2, -0.15) is 0 Å². The van der Waals surface area contributed by atoms with Crippen LogP contribution in [0.1, 0.15) is 0 Å². The smallest absolute Gasteiger partial charge is 0.137 e. The average Bonchev–Trinajstić information content (AvgIpc) is 3.74. The summed E-state index contributed by atoms with van der Waals surface area (Å²) in [5.41, 5.74) is 11.3. The van der Waals surface area contributed by atoms with Gasteiger partial charge in [-0.15, -0.1) is 0 Å². The summed E-state index contributed by atoms with van der Waals surface area (Å²) < 4.78 is 12.6. The number of rotatable bonds is 5. The summed E-state index contributed by atoms with van der Waals surface area (Å²) in [4.78, 5) is 2.34. The molecule has 3 nitrogen and oxygen atoms in total. The summed E-state index contributed by atoms with van der Waals surface area (Å²) in [5.74, 6) is 0. The minimum absolute atomic E-state index is 0.864. The lowest BCUT2D eigenvalue weighted by molar-refractivity contribution is 0.668. The average molecular weight is 628 g/mol. The molecule has 0 aliphatic heterocycles. The normalized spacial score (nSPS) is 11.7. The van der Waals surface area contributed by atoms with E-state index in [0.29, 0.717) is 0 Å². The van der Waals surface area contributed by atoms with E-state index in [1.807, 2.05) is 24.3 Å². The molecular formula is C46H29NO2. The Morgan fingerprint density at radius 3 is 1.82 bits per heavy atom. The fourth-order valence-electron chi connectivity index (χ4n) is 7.27. The molecule has 0 saturated heterocycles. The SMILES string of the molecule is c1cc(-c2ccc3c(c2)oc2ccccc23)cc(N(c2ccc(-c3ccc4ccccc4c3)cc2)c2cccc3oc4ccccc4c23)c1. The van der Waals surface area contributed by atoms with E-state index in [4.69, 9.17) is 8.83 Å². The molecule has 8 aromatic carbocycles. The summed E-state index contributed by atoms with van der Waals surface area (Å²) in [5, 5.41) is 6.93. The van der Waals surface area contributed by atoms with E-state index in [0.717, 1.165) is 72.1 Å². The van der Waals surface area contributed by atoms with Gasteiger partial charge in [-0.1, -0.05) is 109 Å². The molecule has 10 rings (SSSR count). The first kappa shape index (κ1) is 27.5. The Labute approximate surface area is 282 Å². The molecule has 0 unspecified atom stereocenters. The van der Waals surface area contributed by atoms with Crippen LogP contribution in [0.5, 0.6) is 0 Å². The molecule has 0 aliphatic rings. The highest BCUT2D eigenvalue weighted by Gasteiger charge is 2.20. The van der Waals surface area contributed by atoms with Gasteiger partial charge in [0.1, 0.15) is 22.3 Å².